The number of nitrogens with zero attached hydrogens (tertiary/aromatic N) is 1. The highest BCUT2D eigenvalue weighted by Gasteiger charge is 2.31. The Morgan fingerprint density at radius 1 is 1.04 bits per heavy atom. The van der Waals surface area contributed by atoms with E-state index in [4.69, 9.17) is 4.74 Å². The maximum Gasteiger partial charge on any atom is 0.315 e. The molecule has 136 valence electrons. The number of carbonyl (C=O) groups is 2. The molecule has 0 aromatic heterocycles. The second-order valence-electron chi connectivity index (χ2n) is 6.91. The molecule has 1 saturated heterocycles. The Bertz CT molecular complexity index is 594. The van der Waals surface area contributed by atoms with Gasteiger partial charge in [-0.3, -0.25) is 4.79 Å². The van der Waals surface area contributed by atoms with Crippen LogP contribution < -0.4 is 20.3 Å². The number of anilines is 1. The van der Waals surface area contributed by atoms with Crippen LogP contribution in [0.4, 0.5) is 10.5 Å². The average Bonchev–Trinajstić information content (AvgIpc) is 2.81. The third kappa shape index (κ3) is 4.65. The van der Waals surface area contributed by atoms with Crippen molar-refractivity contribution < 1.29 is 14.3 Å². The quantitative estimate of drug-likeness (QED) is 0.825. The Kier molecular flexibility index (Phi) is 5.79. The molecular weight excluding hydrogens is 318 g/mol. The van der Waals surface area contributed by atoms with E-state index >= 15 is 0 Å². The van der Waals surface area contributed by atoms with Crippen molar-refractivity contribution in [2.75, 3.05) is 18.6 Å². The first-order valence-corrected chi connectivity index (χ1v) is 9.17. The summed E-state index contributed by atoms with van der Waals surface area (Å²) in [6.07, 6.45) is 7.31. The number of hydrogen-bond donors (Lipinski definition) is 2. The van der Waals surface area contributed by atoms with Crippen LogP contribution in [-0.4, -0.2) is 37.7 Å². The molecule has 1 aliphatic heterocycles. The summed E-state index contributed by atoms with van der Waals surface area (Å²) in [5, 5.41) is 6.04. The molecule has 25 heavy (non-hydrogen) atoms. The molecule has 0 radical (unpaired) electrons. The highest BCUT2D eigenvalue weighted by atomic mass is 16.5. The minimum Gasteiger partial charge on any atom is -0.497 e. The molecule has 0 bridgehead atoms. The fraction of sp³-hybridized carbons (Fsp3) is 0.579. The average molecular weight is 345 g/mol. The molecule has 2 fully saturated rings. The van der Waals surface area contributed by atoms with Crippen molar-refractivity contribution in [2.45, 2.75) is 57.0 Å². The minimum atomic E-state index is -0.152. The molecule has 0 unspecified atom stereocenters. The topological polar surface area (TPSA) is 70.7 Å². The number of nitrogens with one attached hydrogen (secondary N) is 2. The van der Waals surface area contributed by atoms with Crippen molar-refractivity contribution in [2.24, 2.45) is 0 Å². The summed E-state index contributed by atoms with van der Waals surface area (Å²) in [4.78, 5) is 26.2. The molecule has 6 nitrogen and oxygen atoms in total. The van der Waals surface area contributed by atoms with Gasteiger partial charge in [0, 0.05) is 24.7 Å². The predicted octanol–water partition coefficient (Wildman–Crippen LogP) is 2.82. The van der Waals surface area contributed by atoms with E-state index in [1.54, 1.807) is 12.0 Å². The molecule has 3 amide bonds. The third-order valence-corrected chi connectivity index (χ3v) is 5.03. The number of carbonyl (C=O) groups excluding carboxylic acids is 2. The van der Waals surface area contributed by atoms with Crippen LogP contribution in [0.2, 0.25) is 0 Å². The maximum atomic E-state index is 12.3. The zero-order valence-corrected chi connectivity index (χ0v) is 14.8. The van der Waals surface area contributed by atoms with Crippen LogP contribution in [0.1, 0.15) is 44.9 Å². The Labute approximate surface area is 148 Å². The Hall–Kier alpha value is -2.24. The summed E-state index contributed by atoms with van der Waals surface area (Å²) in [5.41, 5.74) is 0.833. The molecule has 1 saturated carbocycles. The van der Waals surface area contributed by atoms with Crippen LogP contribution in [-0.2, 0) is 4.79 Å². The van der Waals surface area contributed by atoms with Crippen LogP contribution in [0.3, 0.4) is 0 Å². The largest absolute Gasteiger partial charge is 0.497 e. The van der Waals surface area contributed by atoms with E-state index in [9.17, 15) is 9.59 Å². The van der Waals surface area contributed by atoms with E-state index in [0.717, 1.165) is 24.3 Å². The van der Waals surface area contributed by atoms with Crippen LogP contribution in [0, 0.1) is 0 Å². The number of methoxy groups -OCH3 is 1. The highest BCUT2D eigenvalue weighted by Crippen LogP contribution is 2.24. The third-order valence-electron chi connectivity index (χ3n) is 5.03. The minimum absolute atomic E-state index is 0.0323. The van der Waals surface area contributed by atoms with Gasteiger partial charge in [0.15, 0.2) is 0 Å². The number of hydrogen-bond acceptors (Lipinski definition) is 3. The van der Waals surface area contributed by atoms with Gasteiger partial charge in [-0.2, -0.15) is 0 Å². The van der Waals surface area contributed by atoms with Crippen LogP contribution in [0.25, 0.3) is 0 Å². The molecule has 1 aromatic rings. The van der Waals surface area contributed by atoms with Crippen LogP contribution >= 0.6 is 0 Å². The summed E-state index contributed by atoms with van der Waals surface area (Å²) in [6, 6.07) is 7.36. The zero-order chi connectivity index (χ0) is 17.6. The normalized spacial score (nSPS) is 21.7. The molecule has 1 aromatic carbocycles. The van der Waals surface area contributed by atoms with Gasteiger partial charge in [-0.15, -0.1) is 0 Å². The first-order chi connectivity index (χ1) is 12.2. The van der Waals surface area contributed by atoms with E-state index in [-0.39, 0.29) is 24.0 Å². The van der Waals surface area contributed by atoms with Gasteiger partial charge in [-0.25, -0.2) is 4.79 Å². The summed E-state index contributed by atoms with van der Waals surface area (Å²) in [7, 11) is 1.61. The number of rotatable bonds is 4. The van der Waals surface area contributed by atoms with Gasteiger partial charge in [-0.05, 0) is 37.1 Å². The molecule has 1 aliphatic carbocycles. The predicted molar refractivity (Wildman–Crippen MR) is 96.9 cm³/mol. The molecule has 6 heteroatoms. The van der Waals surface area contributed by atoms with Gasteiger partial charge in [0.05, 0.1) is 13.2 Å². The molecule has 1 atom stereocenters. The van der Waals surface area contributed by atoms with Crippen LogP contribution in [0.5, 0.6) is 5.75 Å². The highest BCUT2D eigenvalue weighted by molar-refractivity contribution is 5.96. The molecular formula is C19H27N3O3. The number of amides is 3. The monoisotopic (exact) mass is 345 g/mol. The molecule has 2 aliphatic rings. The number of benzene rings is 1. The van der Waals surface area contributed by atoms with Gasteiger partial charge in [0.1, 0.15) is 5.75 Å². The fourth-order valence-electron chi connectivity index (χ4n) is 3.65. The van der Waals surface area contributed by atoms with E-state index in [1.165, 1.54) is 25.7 Å². The Morgan fingerprint density at radius 3 is 2.32 bits per heavy atom. The lowest BCUT2D eigenvalue weighted by Gasteiger charge is -2.20. The van der Waals surface area contributed by atoms with Gasteiger partial charge in [0.2, 0.25) is 5.91 Å². The lowest BCUT2D eigenvalue weighted by Crippen LogP contribution is -2.47. The Morgan fingerprint density at radius 2 is 1.68 bits per heavy atom. The van der Waals surface area contributed by atoms with Crippen molar-refractivity contribution in [1.29, 1.82) is 0 Å². The van der Waals surface area contributed by atoms with Crippen molar-refractivity contribution in [3.8, 4) is 5.75 Å². The first kappa shape index (κ1) is 17.6. The lowest BCUT2D eigenvalue weighted by molar-refractivity contribution is -0.117. The summed E-state index contributed by atoms with van der Waals surface area (Å²) in [6.45, 7) is 0.503. The summed E-state index contributed by atoms with van der Waals surface area (Å²) < 4.78 is 5.14. The number of urea groups is 1. The van der Waals surface area contributed by atoms with Gasteiger partial charge < -0.3 is 20.3 Å². The van der Waals surface area contributed by atoms with E-state index < -0.39 is 0 Å². The zero-order valence-electron chi connectivity index (χ0n) is 14.8. The lowest BCUT2D eigenvalue weighted by atomic mass is 10.1. The van der Waals surface area contributed by atoms with Gasteiger partial charge in [-0.1, -0.05) is 25.7 Å². The molecule has 2 N–H and O–H groups in total. The molecule has 3 rings (SSSR count). The van der Waals surface area contributed by atoms with Crippen LogP contribution in [0.15, 0.2) is 24.3 Å². The SMILES string of the molecule is COc1ccc(N2C[C@@H](NC(=O)NC3CCCCCC3)CC2=O)cc1. The second kappa shape index (κ2) is 8.23. The smallest absolute Gasteiger partial charge is 0.315 e. The fourth-order valence-corrected chi connectivity index (χ4v) is 3.65. The standard InChI is InChI=1S/C19H27N3O3/c1-25-17-10-8-16(9-11-17)22-13-15(12-18(22)23)21-19(24)20-14-6-4-2-3-5-7-14/h8-11,14-15H,2-7,12-13H2,1H3,(H2,20,21,24)/t15-/m0/s1. The van der Waals surface area contributed by atoms with Crippen molar-refractivity contribution in [3.05, 3.63) is 24.3 Å². The Balaban J connectivity index is 1.52. The first-order valence-electron chi connectivity index (χ1n) is 9.17. The van der Waals surface area contributed by atoms with E-state index in [2.05, 4.69) is 10.6 Å². The second-order valence-corrected chi connectivity index (χ2v) is 6.91. The molecule has 0 spiro atoms. The van der Waals surface area contributed by atoms with Crippen molar-refractivity contribution in [1.82, 2.24) is 10.6 Å². The van der Waals surface area contributed by atoms with Gasteiger partial charge in [0.25, 0.3) is 0 Å². The summed E-state index contributed by atoms with van der Waals surface area (Å²) >= 11 is 0. The van der Waals surface area contributed by atoms with Crippen molar-refractivity contribution >= 4 is 17.6 Å². The van der Waals surface area contributed by atoms with Gasteiger partial charge >= 0.3 is 6.03 Å². The van der Waals surface area contributed by atoms with E-state index in [1.807, 2.05) is 24.3 Å². The maximum absolute atomic E-state index is 12.3. The number of ether oxygens (including phenoxy) is 1. The van der Waals surface area contributed by atoms with E-state index in [0.29, 0.717) is 13.0 Å². The molecule has 1 heterocycles. The van der Waals surface area contributed by atoms with Crippen molar-refractivity contribution in [3.63, 3.8) is 0 Å². The summed E-state index contributed by atoms with van der Waals surface area (Å²) in [5.74, 6) is 0.790.